The highest BCUT2D eigenvalue weighted by molar-refractivity contribution is 5.40. The minimum absolute atomic E-state index is 0.352. The Morgan fingerprint density at radius 1 is 1.60 bits per heavy atom. The second-order valence-corrected chi connectivity index (χ2v) is 3.83. The molecule has 1 aromatic rings. The maximum Gasteiger partial charge on any atom is 0.122 e. The minimum atomic E-state index is 0.352. The summed E-state index contributed by atoms with van der Waals surface area (Å²) in [6.45, 7) is 3.51. The molecule has 2 nitrogen and oxygen atoms in total. The molecular weight excluding hydrogens is 186 g/mol. The van der Waals surface area contributed by atoms with E-state index in [4.69, 9.17) is 11.2 Å². The van der Waals surface area contributed by atoms with Gasteiger partial charge < -0.3 is 10.1 Å². The molecule has 15 heavy (non-hydrogen) atoms. The van der Waals surface area contributed by atoms with E-state index in [9.17, 15) is 0 Å². The lowest BCUT2D eigenvalue weighted by Gasteiger charge is -2.18. The SMILES string of the molecule is C#CCN[C@@H](C)[C@@H]1COc2ccccc21. The third kappa shape index (κ3) is 1.98. The summed E-state index contributed by atoms with van der Waals surface area (Å²) in [6, 6.07) is 8.55. The van der Waals surface area contributed by atoms with E-state index in [-0.39, 0.29) is 0 Å². The van der Waals surface area contributed by atoms with Crippen LogP contribution in [0.5, 0.6) is 5.75 Å². The summed E-state index contributed by atoms with van der Waals surface area (Å²) in [6.07, 6.45) is 5.23. The predicted octanol–water partition coefficient (Wildman–Crippen LogP) is 1.77. The summed E-state index contributed by atoms with van der Waals surface area (Å²) < 4.78 is 5.62. The average molecular weight is 201 g/mol. The normalized spacial score (nSPS) is 20.1. The van der Waals surface area contributed by atoms with Crippen LogP contribution in [0.25, 0.3) is 0 Å². The van der Waals surface area contributed by atoms with Gasteiger partial charge in [0.15, 0.2) is 0 Å². The quantitative estimate of drug-likeness (QED) is 0.753. The van der Waals surface area contributed by atoms with Gasteiger partial charge in [0.1, 0.15) is 5.75 Å². The molecule has 0 spiro atoms. The Hall–Kier alpha value is -1.46. The second kappa shape index (κ2) is 4.37. The lowest BCUT2D eigenvalue weighted by Crippen LogP contribution is -2.33. The molecule has 1 N–H and O–H groups in total. The molecule has 0 amide bonds. The molecule has 0 saturated carbocycles. The van der Waals surface area contributed by atoms with Gasteiger partial charge in [-0.1, -0.05) is 24.1 Å². The van der Waals surface area contributed by atoms with E-state index in [2.05, 4.69) is 30.3 Å². The van der Waals surface area contributed by atoms with E-state index in [1.165, 1.54) is 5.56 Å². The third-order valence-corrected chi connectivity index (χ3v) is 2.87. The van der Waals surface area contributed by atoms with Crippen LogP contribution in [-0.4, -0.2) is 19.2 Å². The molecule has 1 aliphatic heterocycles. The van der Waals surface area contributed by atoms with Crippen molar-refractivity contribution in [3.05, 3.63) is 29.8 Å². The number of para-hydroxylation sites is 1. The van der Waals surface area contributed by atoms with E-state index < -0.39 is 0 Å². The highest BCUT2D eigenvalue weighted by Gasteiger charge is 2.27. The van der Waals surface area contributed by atoms with Crippen molar-refractivity contribution in [3.8, 4) is 18.1 Å². The van der Waals surface area contributed by atoms with Gasteiger partial charge >= 0.3 is 0 Å². The van der Waals surface area contributed by atoms with Crippen LogP contribution < -0.4 is 10.1 Å². The molecule has 0 aromatic heterocycles. The number of rotatable bonds is 3. The van der Waals surface area contributed by atoms with Gasteiger partial charge in [0.05, 0.1) is 13.2 Å². The van der Waals surface area contributed by atoms with E-state index in [1.54, 1.807) is 0 Å². The Labute approximate surface area is 90.6 Å². The van der Waals surface area contributed by atoms with Crippen molar-refractivity contribution in [1.82, 2.24) is 5.32 Å². The summed E-state index contributed by atoms with van der Waals surface area (Å²) in [4.78, 5) is 0. The number of ether oxygens (including phenoxy) is 1. The molecule has 0 bridgehead atoms. The number of terminal acetylenes is 1. The molecule has 1 aliphatic rings. The molecule has 0 radical (unpaired) electrons. The Morgan fingerprint density at radius 2 is 2.40 bits per heavy atom. The summed E-state index contributed by atoms with van der Waals surface area (Å²) in [7, 11) is 0. The van der Waals surface area contributed by atoms with Crippen LogP contribution in [0, 0.1) is 12.3 Å². The summed E-state index contributed by atoms with van der Waals surface area (Å²) in [5, 5.41) is 3.30. The summed E-state index contributed by atoms with van der Waals surface area (Å²) in [5.41, 5.74) is 1.29. The van der Waals surface area contributed by atoms with Crippen LogP contribution in [0.15, 0.2) is 24.3 Å². The molecule has 2 atom stereocenters. The molecule has 78 valence electrons. The average Bonchev–Trinajstić information content (AvgIpc) is 2.69. The number of hydrogen-bond donors (Lipinski definition) is 1. The first kappa shape index (κ1) is 10.1. The van der Waals surface area contributed by atoms with Gasteiger partial charge in [-0.2, -0.15) is 0 Å². The Kier molecular flexibility index (Phi) is 2.94. The molecule has 0 saturated heterocycles. The van der Waals surface area contributed by atoms with E-state index in [1.807, 2.05) is 12.1 Å². The molecule has 1 aromatic carbocycles. The highest BCUT2D eigenvalue weighted by atomic mass is 16.5. The number of benzene rings is 1. The van der Waals surface area contributed by atoms with Crippen molar-refractivity contribution >= 4 is 0 Å². The second-order valence-electron chi connectivity index (χ2n) is 3.83. The fourth-order valence-corrected chi connectivity index (χ4v) is 1.96. The van der Waals surface area contributed by atoms with Crippen LogP contribution in [0.3, 0.4) is 0 Å². The van der Waals surface area contributed by atoms with Crippen LogP contribution in [0.4, 0.5) is 0 Å². The fourth-order valence-electron chi connectivity index (χ4n) is 1.96. The molecular formula is C13H15NO. The highest BCUT2D eigenvalue weighted by Crippen LogP contribution is 2.35. The molecule has 2 rings (SSSR count). The zero-order valence-electron chi connectivity index (χ0n) is 8.86. The molecule has 0 unspecified atom stereocenters. The van der Waals surface area contributed by atoms with Crippen molar-refractivity contribution in [2.24, 2.45) is 0 Å². The standard InChI is InChI=1S/C13H15NO/c1-3-8-14-10(2)12-9-15-13-7-5-4-6-11(12)13/h1,4-7,10,12,14H,8-9H2,2H3/t10-,12-/m0/s1. The van der Waals surface area contributed by atoms with Gasteiger partial charge in [-0.25, -0.2) is 0 Å². The van der Waals surface area contributed by atoms with Crippen LogP contribution >= 0.6 is 0 Å². The lowest BCUT2D eigenvalue weighted by atomic mass is 9.94. The maximum absolute atomic E-state index is 5.62. The maximum atomic E-state index is 5.62. The smallest absolute Gasteiger partial charge is 0.122 e. The topological polar surface area (TPSA) is 21.3 Å². The van der Waals surface area contributed by atoms with Gasteiger partial charge in [0.2, 0.25) is 0 Å². The molecule has 2 heteroatoms. The molecule has 1 heterocycles. The minimum Gasteiger partial charge on any atom is -0.493 e. The fraction of sp³-hybridized carbons (Fsp3) is 0.385. The zero-order valence-corrected chi connectivity index (χ0v) is 8.86. The van der Waals surface area contributed by atoms with E-state index >= 15 is 0 Å². The van der Waals surface area contributed by atoms with Crippen molar-refractivity contribution < 1.29 is 4.74 Å². The Morgan fingerprint density at radius 3 is 3.20 bits per heavy atom. The predicted molar refractivity (Wildman–Crippen MR) is 61.0 cm³/mol. The van der Waals surface area contributed by atoms with Crippen LogP contribution in [0.1, 0.15) is 18.4 Å². The van der Waals surface area contributed by atoms with Gasteiger partial charge in [-0.15, -0.1) is 6.42 Å². The molecule has 0 fully saturated rings. The summed E-state index contributed by atoms with van der Waals surface area (Å²) >= 11 is 0. The van der Waals surface area contributed by atoms with Crippen LogP contribution in [-0.2, 0) is 0 Å². The van der Waals surface area contributed by atoms with Crippen molar-refractivity contribution in [1.29, 1.82) is 0 Å². The first-order chi connectivity index (χ1) is 7.33. The van der Waals surface area contributed by atoms with E-state index in [0.717, 1.165) is 12.4 Å². The van der Waals surface area contributed by atoms with Gasteiger partial charge in [0.25, 0.3) is 0 Å². The molecule has 0 aliphatic carbocycles. The summed E-state index contributed by atoms with van der Waals surface area (Å²) in [5.74, 6) is 4.02. The largest absolute Gasteiger partial charge is 0.493 e. The third-order valence-electron chi connectivity index (χ3n) is 2.87. The van der Waals surface area contributed by atoms with Gasteiger partial charge in [-0.3, -0.25) is 0 Å². The first-order valence-corrected chi connectivity index (χ1v) is 5.21. The number of hydrogen-bond acceptors (Lipinski definition) is 2. The van der Waals surface area contributed by atoms with Gasteiger partial charge in [0, 0.05) is 17.5 Å². The number of nitrogens with one attached hydrogen (secondary N) is 1. The van der Waals surface area contributed by atoms with Crippen molar-refractivity contribution in [3.63, 3.8) is 0 Å². The van der Waals surface area contributed by atoms with Crippen molar-refractivity contribution in [2.45, 2.75) is 18.9 Å². The zero-order chi connectivity index (χ0) is 10.7. The lowest BCUT2D eigenvalue weighted by molar-refractivity contribution is 0.307. The number of fused-ring (bicyclic) bond motifs is 1. The monoisotopic (exact) mass is 201 g/mol. The first-order valence-electron chi connectivity index (χ1n) is 5.21. The Balaban J connectivity index is 2.10. The van der Waals surface area contributed by atoms with Crippen molar-refractivity contribution in [2.75, 3.05) is 13.2 Å². The Bertz CT molecular complexity index is 380. The van der Waals surface area contributed by atoms with Crippen LogP contribution in [0.2, 0.25) is 0 Å². The van der Waals surface area contributed by atoms with Gasteiger partial charge in [-0.05, 0) is 13.0 Å². The van der Waals surface area contributed by atoms with E-state index in [0.29, 0.717) is 18.5 Å².